The van der Waals surface area contributed by atoms with Gasteiger partial charge in [-0.2, -0.15) is 0 Å². The Labute approximate surface area is 168 Å². The molecule has 1 aliphatic carbocycles. The zero-order valence-electron chi connectivity index (χ0n) is 14.5. The van der Waals surface area contributed by atoms with Crippen LogP contribution >= 0.6 is 27.5 Å². The molecule has 0 aromatic heterocycles. The largest absolute Gasteiger partial charge is 0.482 e. The lowest BCUT2D eigenvalue weighted by atomic mass is 9.93. The second kappa shape index (κ2) is 8.48. The zero-order valence-corrected chi connectivity index (χ0v) is 17.7. The highest BCUT2D eigenvalue weighted by Crippen LogP contribution is 2.30. The standard InChI is InChI=1S/C18H23BrClNO4S/c19-13-6-7-17(16(20)10-13)25-11-18(22)21(14-4-2-1-3-5-14)15-8-9-26(23,24)12-15/h6-7,10,14-15H,1-5,8-9,11-12H2/t15-/m0/s1. The maximum Gasteiger partial charge on any atom is 0.261 e. The summed E-state index contributed by atoms with van der Waals surface area (Å²) in [6, 6.07) is 5.10. The van der Waals surface area contributed by atoms with E-state index in [9.17, 15) is 13.2 Å². The minimum absolute atomic E-state index is 0.0638. The maximum atomic E-state index is 12.9. The molecule has 1 atom stereocenters. The van der Waals surface area contributed by atoms with Crippen LogP contribution in [0.25, 0.3) is 0 Å². The summed E-state index contributed by atoms with van der Waals surface area (Å²) in [7, 11) is -3.05. The highest BCUT2D eigenvalue weighted by molar-refractivity contribution is 9.10. The topological polar surface area (TPSA) is 63.7 Å². The van der Waals surface area contributed by atoms with E-state index in [0.29, 0.717) is 17.2 Å². The molecule has 2 aliphatic rings. The van der Waals surface area contributed by atoms with Crippen molar-refractivity contribution in [2.45, 2.75) is 50.6 Å². The molecule has 5 nitrogen and oxygen atoms in total. The average molecular weight is 465 g/mol. The molecule has 3 rings (SSSR count). The van der Waals surface area contributed by atoms with E-state index in [1.54, 1.807) is 23.1 Å². The highest BCUT2D eigenvalue weighted by atomic mass is 79.9. The van der Waals surface area contributed by atoms with Gasteiger partial charge in [0.25, 0.3) is 5.91 Å². The van der Waals surface area contributed by atoms with E-state index < -0.39 is 9.84 Å². The molecule has 1 saturated heterocycles. The van der Waals surface area contributed by atoms with Crippen molar-refractivity contribution in [1.82, 2.24) is 4.90 Å². The molecule has 0 N–H and O–H groups in total. The third-order valence-electron chi connectivity index (χ3n) is 5.10. The summed E-state index contributed by atoms with van der Waals surface area (Å²) >= 11 is 9.48. The summed E-state index contributed by atoms with van der Waals surface area (Å²) < 4.78 is 30.3. The lowest BCUT2D eigenvalue weighted by Gasteiger charge is -2.38. The van der Waals surface area contributed by atoms with E-state index >= 15 is 0 Å². The Kier molecular flexibility index (Phi) is 6.51. The lowest BCUT2D eigenvalue weighted by Crippen LogP contribution is -2.50. The summed E-state index contributed by atoms with van der Waals surface area (Å²) in [6.45, 7) is -0.131. The quantitative estimate of drug-likeness (QED) is 0.664. The van der Waals surface area contributed by atoms with Crippen LogP contribution in [0.4, 0.5) is 0 Å². The predicted octanol–water partition coefficient (Wildman–Crippen LogP) is 3.83. The summed E-state index contributed by atoms with van der Waals surface area (Å²) in [5.74, 6) is 0.519. The van der Waals surface area contributed by atoms with Crippen molar-refractivity contribution < 1.29 is 17.9 Å². The first kappa shape index (κ1) is 20.0. The summed E-state index contributed by atoms with van der Waals surface area (Å²) in [5.41, 5.74) is 0. The van der Waals surface area contributed by atoms with Crippen LogP contribution in [0.3, 0.4) is 0 Å². The Hall–Kier alpha value is -0.790. The molecule has 1 aromatic carbocycles. The number of ether oxygens (including phenoxy) is 1. The van der Waals surface area contributed by atoms with Gasteiger partial charge < -0.3 is 9.64 Å². The molecule has 0 radical (unpaired) electrons. The molecule has 1 aliphatic heterocycles. The lowest BCUT2D eigenvalue weighted by molar-refractivity contribution is -0.138. The number of carbonyl (C=O) groups excluding carboxylic acids is 1. The van der Waals surface area contributed by atoms with Gasteiger partial charge in [-0.05, 0) is 37.5 Å². The van der Waals surface area contributed by atoms with Crippen molar-refractivity contribution >= 4 is 43.3 Å². The van der Waals surface area contributed by atoms with E-state index in [0.717, 1.165) is 30.2 Å². The number of hydrogen-bond acceptors (Lipinski definition) is 4. The van der Waals surface area contributed by atoms with Gasteiger partial charge in [0.05, 0.1) is 16.5 Å². The fourth-order valence-electron chi connectivity index (χ4n) is 3.87. The number of sulfone groups is 1. The monoisotopic (exact) mass is 463 g/mol. The SMILES string of the molecule is O=C(COc1ccc(Br)cc1Cl)N(C1CCCCC1)[C@H]1CCS(=O)(=O)C1. The van der Waals surface area contributed by atoms with Crippen LogP contribution in [0.2, 0.25) is 5.02 Å². The molecule has 0 spiro atoms. The molecule has 1 aromatic rings. The van der Waals surface area contributed by atoms with Crippen LogP contribution in [-0.4, -0.2) is 49.4 Å². The Morgan fingerprint density at radius 3 is 2.54 bits per heavy atom. The van der Waals surface area contributed by atoms with Crippen LogP contribution < -0.4 is 4.74 Å². The maximum absolute atomic E-state index is 12.9. The van der Waals surface area contributed by atoms with Crippen LogP contribution in [-0.2, 0) is 14.6 Å². The first-order chi connectivity index (χ1) is 12.4. The molecule has 1 amide bonds. The molecule has 1 saturated carbocycles. The van der Waals surface area contributed by atoms with Crippen molar-refractivity contribution in [3.05, 3.63) is 27.7 Å². The molecule has 1 heterocycles. The Morgan fingerprint density at radius 1 is 1.19 bits per heavy atom. The number of hydrogen-bond donors (Lipinski definition) is 0. The summed E-state index contributed by atoms with van der Waals surface area (Å²) in [4.78, 5) is 14.7. The van der Waals surface area contributed by atoms with Crippen LogP contribution in [0.1, 0.15) is 38.5 Å². The molecular formula is C18H23BrClNO4S. The van der Waals surface area contributed by atoms with Gasteiger partial charge >= 0.3 is 0 Å². The van der Waals surface area contributed by atoms with Gasteiger partial charge in [0.15, 0.2) is 16.4 Å². The van der Waals surface area contributed by atoms with E-state index in [4.69, 9.17) is 16.3 Å². The normalized spacial score (nSPS) is 22.9. The summed E-state index contributed by atoms with van der Waals surface area (Å²) in [6.07, 6.45) is 5.71. The number of nitrogens with zero attached hydrogens (tertiary/aromatic N) is 1. The van der Waals surface area contributed by atoms with Gasteiger partial charge in [0, 0.05) is 16.6 Å². The van der Waals surface area contributed by atoms with E-state index in [1.807, 2.05) is 0 Å². The molecule has 8 heteroatoms. The highest BCUT2D eigenvalue weighted by Gasteiger charge is 2.38. The Morgan fingerprint density at radius 2 is 1.92 bits per heavy atom. The number of carbonyl (C=O) groups is 1. The average Bonchev–Trinajstić information content (AvgIpc) is 2.95. The predicted molar refractivity (Wildman–Crippen MR) is 105 cm³/mol. The van der Waals surface area contributed by atoms with Gasteiger partial charge in [0.2, 0.25) is 0 Å². The first-order valence-corrected chi connectivity index (χ1v) is 11.9. The van der Waals surface area contributed by atoms with Crippen LogP contribution in [0, 0.1) is 0 Å². The third kappa shape index (κ3) is 4.93. The fraction of sp³-hybridized carbons (Fsp3) is 0.611. The second-order valence-electron chi connectivity index (χ2n) is 7.01. The second-order valence-corrected chi connectivity index (χ2v) is 10.6. The Bertz CT molecular complexity index is 764. The van der Waals surface area contributed by atoms with Gasteiger partial charge in [0.1, 0.15) is 5.75 Å². The number of benzene rings is 1. The van der Waals surface area contributed by atoms with E-state index in [2.05, 4.69) is 15.9 Å². The molecule has 0 bridgehead atoms. The van der Waals surface area contributed by atoms with Crippen LogP contribution in [0.5, 0.6) is 5.75 Å². The van der Waals surface area contributed by atoms with Crippen molar-refractivity contribution in [3.63, 3.8) is 0 Å². The smallest absolute Gasteiger partial charge is 0.261 e. The minimum Gasteiger partial charge on any atom is -0.482 e. The number of amides is 1. The molecule has 2 fully saturated rings. The van der Waals surface area contributed by atoms with E-state index in [-0.39, 0.29) is 36.1 Å². The van der Waals surface area contributed by atoms with Gasteiger partial charge in [-0.3, -0.25) is 4.79 Å². The van der Waals surface area contributed by atoms with E-state index in [1.165, 1.54) is 6.42 Å². The minimum atomic E-state index is -3.05. The molecular weight excluding hydrogens is 442 g/mol. The first-order valence-electron chi connectivity index (χ1n) is 8.95. The van der Waals surface area contributed by atoms with Gasteiger partial charge in [-0.1, -0.05) is 46.8 Å². The van der Waals surface area contributed by atoms with Crippen molar-refractivity contribution in [3.8, 4) is 5.75 Å². The fourth-order valence-corrected chi connectivity index (χ4v) is 6.31. The zero-order chi connectivity index (χ0) is 18.7. The summed E-state index contributed by atoms with van der Waals surface area (Å²) in [5, 5.41) is 0.430. The van der Waals surface area contributed by atoms with Crippen molar-refractivity contribution in [2.24, 2.45) is 0 Å². The van der Waals surface area contributed by atoms with Gasteiger partial charge in [-0.25, -0.2) is 8.42 Å². The molecule has 144 valence electrons. The number of rotatable bonds is 5. The van der Waals surface area contributed by atoms with Gasteiger partial charge in [-0.15, -0.1) is 0 Å². The Balaban J connectivity index is 1.71. The molecule has 0 unspecified atom stereocenters. The van der Waals surface area contributed by atoms with Crippen molar-refractivity contribution in [1.29, 1.82) is 0 Å². The molecule has 26 heavy (non-hydrogen) atoms. The van der Waals surface area contributed by atoms with Crippen molar-refractivity contribution in [2.75, 3.05) is 18.1 Å². The van der Waals surface area contributed by atoms with Crippen LogP contribution in [0.15, 0.2) is 22.7 Å². The third-order valence-corrected chi connectivity index (χ3v) is 7.64. The number of halogens is 2.